The molecule has 0 aliphatic carbocycles. The quantitative estimate of drug-likeness (QED) is 0.0163. The molecule has 0 saturated heterocycles. The highest BCUT2D eigenvalue weighted by Gasteiger charge is 2.20. The second-order valence-electron chi connectivity index (χ2n) is 15.7. The Hall–Kier alpha value is -2.26. The first-order valence-electron chi connectivity index (χ1n) is 21.7. The predicted octanol–water partition coefficient (Wildman–Crippen LogP) is 11.4. The van der Waals surface area contributed by atoms with Crippen LogP contribution in [0.2, 0.25) is 0 Å². The normalized spacial score (nSPS) is 15.0. The molecule has 0 rings (SSSR count). The Balaban J connectivity index is 4.43. The number of rotatable bonds is 39. The first kappa shape index (κ1) is 53.7. The van der Waals surface area contributed by atoms with Gasteiger partial charge in [-0.1, -0.05) is 113 Å². The molecule has 324 valence electrons. The number of aliphatic hydroxyl groups excluding tert-OH is 1. The van der Waals surface area contributed by atoms with Crippen LogP contribution in [0.15, 0.2) is 73.1 Å². The summed E-state index contributed by atoms with van der Waals surface area (Å²) in [6, 6.07) is 0. The van der Waals surface area contributed by atoms with Crippen LogP contribution in [0.25, 0.3) is 0 Å². The number of ether oxygens (including phenoxy) is 2. The lowest BCUT2D eigenvalue weighted by atomic mass is 10.1. The first-order valence-corrected chi connectivity index (χ1v) is 23.2. The second-order valence-corrected chi connectivity index (χ2v) is 17.1. The zero-order chi connectivity index (χ0) is 41.4. The number of quaternary nitrogens is 1. The highest BCUT2D eigenvalue weighted by molar-refractivity contribution is 7.45. The zero-order valence-electron chi connectivity index (χ0n) is 36.2. The maximum Gasteiger partial charge on any atom is 0.306 e. The summed E-state index contributed by atoms with van der Waals surface area (Å²) in [5, 5.41) is 9.28. The number of allylic oxidation sites excluding steroid dienone is 11. The van der Waals surface area contributed by atoms with Crippen molar-refractivity contribution >= 4 is 13.8 Å². The van der Waals surface area contributed by atoms with Crippen LogP contribution in [0.1, 0.15) is 155 Å². The third-order valence-corrected chi connectivity index (χ3v) is 9.78. The molecule has 1 N–H and O–H groups in total. The summed E-state index contributed by atoms with van der Waals surface area (Å²) in [5.74, 6) is -0.426. The minimum atomic E-state index is -4.57. The molecular formula is C46H82NO8P. The van der Waals surface area contributed by atoms with Crippen molar-refractivity contribution in [3.05, 3.63) is 73.1 Å². The number of likely N-dealkylation sites (N-methyl/N-ethyl adjacent to an activating group) is 1. The molecule has 0 aromatic carbocycles. The van der Waals surface area contributed by atoms with E-state index >= 15 is 0 Å². The third kappa shape index (κ3) is 42.9. The second kappa shape index (κ2) is 38.3. The Morgan fingerprint density at radius 1 is 0.661 bits per heavy atom. The number of esters is 1. The van der Waals surface area contributed by atoms with Crippen molar-refractivity contribution in [2.75, 3.05) is 47.5 Å². The number of carbonyl (C=O) groups excluding carboxylic acids is 1. The molecule has 0 amide bonds. The summed E-state index contributed by atoms with van der Waals surface area (Å²) in [5.41, 5.74) is 0. The van der Waals surface area contributed by atoms with Gasteiger partial charge in [0, 0.05) is 6.42 Å². The molecular weight excluding hydrogens is 725 g/mol. The van der Waals surface area contributed by atoms with Crippen LogP contribution >= 0.6 is 7.82 Å². The monoisotopic (exact) mass is 808 g/mol. The predicted molar refractivity (Wildman–Crippen MR) is 232 cm³/mol. The molecule has 0 saturated carbocycles. The Kier molecular flexibility index (Phi) is 36.7. The van der Waals surface area contributed by atoms with Gasteiger partial charge in [-0.25, -0.2) is 0 Å². The summed E-state index contributed by atoms with van der Waals surface area (Å²) >= 11 is 0. The van der Waals surface area contributed by atoms with Gasteiger partial charge in [-0.15, -0.1) is 0 Å². The molecule has 0 aromatic heterocycles. The number of phosphoric acid groups is 1. The molecule has 0 fully saturated rings. The fourth-order valence-corrected chi connectivity index (χ4v) is 6.13. The van der Waals surface area contributed by atoms with Gasteiger partial charge < -0.3 is 33.0 Å². The van der Waals surface area contributed by atoms with E-state index in [4.69, 9.17) is 18.5 Å². The van der Waals surface area contributed by atoms with E-state index in [9.17, 15) is 19.4 Å². The molecule has 0 radical (unpaired) electrons. The van der Waals surface area contributed by atoms with Gasteiger partial charge >= 0.3 is 5.97 Å². The van der Waals surface area contributed by atoms with Crippen molar-refractivity contribution in [2.24, 2.45) is 0 Å². The summed E-state index contributed by atoms with van der Waals surface area (Å²) in [4.78, 5) is 25.0. The minimum Gasteiger partial charge on any atom is -0.756 e. The number of aliphatic hydroxyl groups is 1. The van der Waals surface area contributed by atoms with Gasteiger partial charge in [0.15, 0.2) is 6.10 Å². The van der Waals surface area contributed by atoms with Gasteiger partial charge in [0.25, 0.3) is 7.82 Å². The minimum absolute atomic E-state index is 0.00453. The molecule has 56 heavy (non-hydrogen) atoms. The maximum atomic E-state index is 12.6. The van der Waals surface area contributed by atoms with Crippen LogP contribution in [0, 0.1) is 0 Å². The van der Waals surface area contributed by atoms with E-state index in [1.165, 1.54) is 57.8 Å². The van der Waals surface area contributed by atoms with Gasteiger partial charge in [-0.2, -0.15) is 0 Å². The van der Waals surface area contributed by atoms with Gasteiger partial charge in [0.2, 0.25) is 0 Å². The van der Waals surface area contributed by atoms with Crippen molar-refractivity contribution < 1.29 is 42.4 Å². The topological polar surface area (TPSA) is 114 Å². The molecule has 9 nitrogen and oxygen atoms in total. The Labute approximate surface area is 343 Å². The van der Waals surface area contributed by atoms with Crippen LogP contribution < -0.4 is 4.89 Å². The highest BCUT2D eigenvalue weighted by Crippen LogP contribution is 2.38. The zero-order valence-corrected chi connectivity index (χ0v) is 37.1. The fraction of sp³-hybridized carbons (Fsp3) is 0.717. The van der Waals surface area contributed by atoms with E-state index in [2.05, 4.69) is 67.7 Å². The molecule has 3 atom stereocenters. The van der Waals surface area contributed by atoms with Gasteiger partial charge in [0.1, 0.15) is 19.8 Å². The average Bonchev–Trinajstić information content (AvgIpc) is 3.13. The number of carbonyl (C=O) groups is 1. The van der Waals surface area contributed by atoms with Crippen molar-refractivity contribution in [1.29, 1.82) is 0 Å². The molecule has 0 heterocycles. The van der Waals surface area contributed by atoms with Crippen LogP contribution in [0.5, 0.6) is 0 Å². The van der Waals surface area contributed by atoms with Crippen molar-refractivity contribution in [3.63, 3.8) is 0 Å². The largest absolute Gasteiger partial charge is 0.756 e. The Bertz CT molecular complexity index is 1140. The molecule has 0 aliphatic rings. The van der Waals surface area contributed by atoms with E-state index in [-0.39, 0.29) is 32.3 Å². The van der Waals surface area contributed by atoms with E-state index in [0.717, 1.165) is 70.6 Å². The van der Waals surface area contributed by atoms with Gasteiger partial charge in [-0.3, -0.25) is 9.36 Å². The lowest BCUT2D eigenvalue weighted by molar-refractivity contribution is -0.870. The molecule has 1 unspecified atom stereocenters. The number of phosphoric ester groups is 1. The van der Waals surface area contributed by atoms with Crippen LogP contribution in [-0.4, -0.2) is 75.3 Å². The lowest BCUT2D eigenvalue weighted by Crippen LogP contribution is -2.37. The van der Waals surface area contributed by atoms with E-state index in [1.807, 2.05) is 34.1 Å². The van der Waals surface area contributed by atoms with Crippen LogP contribution in [0.3, 0.4) is 0 Å². The number of nitrogens with zero attached hydrogens (tertiary/aromatic N) is 1. The lowest BCUT2D eigenvalue weighted by Gasteiger charge is -2.28. The molecule has 0 aliphatic heterocycles. The highest BCUT2D eigenvalue weighted by atomic mass is 31.2. The Morgan fingerprint density at radius 2 is 1.14 bits per heavy atom. The van der Waals surface area contributed by atoms with Gasteiger partial charge in [0.05, 0.1) is 40.1 Å². The van der Waals surface area contributed by atoms with E-state index in [1.54, 1.807) is 6.26 Å². The number of hydrogen-bond acceptors (Lipinski definition) is 8. The van der Waals surface area contributed by atoms with Crippen LogP contribution in [-0.2, 0) is 27.9 Å². The van der Waals surface area contributed by atoms with E-state index in [0.29, 0.717) is 17.4 Å². The standard InChI is InChI=1S/C46H82NO8P/c1-6-7-8-9-10-11-12-13-14-18-21-24-27-30-33-36-40-52-42-45(43-54-56(50,51)53-41-39-47(3,4)5)55-46(49)38-35-32-29-26-23-20-17-15-16-19-22-25-28-31-34-37-44(2)48/h13-14,16-17,19-20,25-26,28-29,36,40,44-45,48H,6-12,15,18,21-24,27,30-35,37-39,41-43H2,1-5H3/b14-13-,19-16-,20-17-,28-25-,29-26-,40-36+/t44-,45+/m0/s1. The molecule has 0 aromatic rings. The van der Waals surface area contributed by atoms with Crippen molar-refractivity contribution in [1.82, 2.24) is 0 Å². The maximum absolute atomic E-state index is 12.6. The fourth-order valence-electron chi connectivity index (χ4n) is 5.40. The third-order valence-electron chi connectivity index (χ3n) is 8.81. The summed E-state index contributed by atoms with van der Waals surface area (Å²) in [6.45, 7) is 4.18. The van der Waals surface area contributed by atoms with E-state index < -0.39 is 19.9 Å². The number of unbranched alkanes of at least 4 members (excludes halogenated alkanes) is 13. The summed E-state index contributed by atoms with van der Waals surface area (Å²) in [7, 11) is 1.25. The molecule has 0 bridgehead atoms. The smallest absolute Gasteiger partial charge is 0.306 e. The summed E-state index contributed by atoms with van der Waals surface area (Å²) < 4.78 is 34.2. The van der Waals surface area contributed by atoms with Crippen molar-refractivity contribution in [2.45, 2.75) is 167 Å². The molecule has 10 heteroatoms. The SMILES string of the molecule is CCCCCCCC/C=C\CCCCCC/C=C/OC[C@H](COP(=O)([O-])OCC[N+](C)(C)C)OC(=O)CCC/C=C\C/C=C\C/C=C\C/C=C\CCC[C@H](C)O. The average molecular weight is 808 g/mol. The van der Waals surface area contributed by atoms with Crippen molar-refractivity contribution in [3.8, 4) is 0 Å². The first-order chi connectivity index (χ1) is 26.9. The van der Waals surface area contributed by atoms with Crippen LogP contribution in [0.4, 0.5) is 0 Å². The summed E-state index contributed by atoms with van der Waals surface area (Å²) in [6.07, 6.45) is 47.2. The molecule has 0 spiro atoms. The number of hydrogen-bond donors (Lipinski definition) is 1. The van der Waals surface area contributed by atoms with Gasteiger partial charge in [-0.05, 0) is 103 Å². The Morgan fingerprint density at radius 3 is 1.70 bits per heavy atom.